The highest BCUT2D eigenvalue weighted by molar-refractivity contribution is 6.23. The number of aryl methyl sites for hydroxylation is 1. The minimum atomic E-state index is -0.960. The van der Waals surface area contributed by atoms with E-state index in [9.17, 15) is 24.0 Å². The van der Waals surface area contributed by atoms with E-state index in [-0.39, 0.29) is 36.7 Å². The van der Waals surface area contributed by atoms with Crippen LogP contribution in [0.15, 0.2) is 49.1 Å². The number of hydrogen-bond donors (Lipinski definition) is 3. The number of anilines is 2. The number of carbonyl (C=O) groups excluding carboxylic acids is 5. The Morgan fingerprint density at radius 1 is 0.879 bits per heavy atom. The molecule has 1 aliphatic carbocycles. The minimum Gasteiger partial charge on any atom is -0.371 e. The Morgan fingerprint density at radius 2 is 1.66 bits per heavy atom. The van der Waals surface area contributed by atoms with Crippen LogP contribution in [0.25, 0.3) is 11.2 Å². The molecule has 58 heavy (non-hydrogen) atoms. The van der Waals surface area contributed by atoms with Crippen LogP contribution in [0.3, 0.4) is 0 Å². The van der Waals surface area contributed by atoms with Crippen molar-refractivity contribution in [2.45, 2.75) is 82.8 Å². The molecule has 1 saturated carbocycles. The van der Waals surface area contributed by atoms with Crippen molar-refractivity contribution >= 4 is 52.2 Å². The Balaban J connectivity index is 0.697. The number of carbonyl (C=O) groups is 5. The van der Waals surface area contributed by atoms with Crippen molar-refractivity contribution in [1.82, 2.24) is 44.9 Å². The molecule has 4 aromatic rings. The van der Waals surface area contributed by atoms with E-state index in [1.54, 1.807) is 24.5 Å². The average molecular weight is 788 g/mol. The number of nitrogens with one attached hydrogen (secondary N) is 3. The second kappa shape index (κ2) is 15.9. The van der Waals surface area contributed by atoms with Crippen molar-refractivity contribution < 1.29 is 24.0 Å². The number of aromatic nitrogens is 5. The molecule has 1 aromatic carbocycles. The highest BCUT2D eigenvalue weighted by Crippen LogP contribution is 2.36. The first kappa shape index (κ1) is 37.8. The first-order valence-corrected chi connectivity index (χ1v) is 20.7. The molecule has 0 bridgehead atoms. The third kappa shape index (κ3) is 7.52. The van der Waals surface area contributed by atoms with Gasteiger partial charge in [0.05, 0.1) is 17.5 Å². The van der Waals surface area contributed by atoms with Crippen LogP contribution in [0.4, 0.5) is 11.5 Å². The molecular formula is C42H49N11O5. The third-order valence-electron chi connectivity index (χ3n) is 12.8. The van der Waals surface area contributed by atoms with Gasteiger partial charge in [0.2, 0.25) is 11.8 Å². The largest absolute Gasteiger partial charge is 0.371 e. The van der Waals surface area contributed by atoms with E-state index in [2.05, 4.69) is 50.3 Å². The fourth-order valence-corrected chi connectivity index (χ4v) is 9.36. The molecule has 302 valence electrons. The molecular weight excluding hydrogens is 739 g/mol. The standard InChI is InChI=1S/C42H49N11O5/c1-25-3-2-4-33(47-25)39(55)48-28-19-30(20-28)52-24-46-36-37(44-23-45-38(36)52)43-14-9-26-10-15-50(16-11-26)22-27-12-17-51(18-13-27)29-5-6-31-32(21-29)42(58)53(41(31)57)34-7-8-35(54)49-40(34)56/h2-6,21,23-24,26-28,30,34H,7-20,22H2,1H3,(H,48,55)(H,43,44,45)(H,49,54,56). The summed E-state index contributed by atoms with van der Waals surface area (Å²) in [5, 5.41) is 8.89. The number of likely N-dealkylation sites (tertiary alicyclic amines) is 1. The Labute approximate surface area is 336 Å². The van der Waals surface area contributed by atoms with Gasteiger partial charge in [0.1, 0.15) is 23.6 Å². The van der Waals surface area contributed by atoms with Crippen molar-refractivity contribution in [2.75, 3.05) is 49.5 Å². The van der Waals surface area contributed by atoms with E-state index in [1.165, 1.54) is 12.8 Å². The molecule has 1 atom stereocenters. The number of imidazole rings is 1. The summed E-state index contributed by atoms with van der Waals surface area (Å²) in [6.45, 7) is 7.75. The second-order valence-electron chi connectivity index (χ2n) is 16.6. The number of imide groups is 2. The van der Waals surface area contributed by atoms with E-state index >= 15 is 0 Å². The Morgan fingerprint density at radius 3 is 2.43 bits per heavy atom. The van der Waals surface area contributed by atoms with Crippen LogP contribution in [0, 0.1) is 18.8 Å². The molecule has 4 fully saturated rings. The lowest BCUT2D eigenvalue weighted by molar-refractivity contribution is -0.136. The number of fused-ring (bicyclic) bond motifs is 2. The van der Waals surface area contributed by atoms with Crippen LogP contribution in [-0.4, -0.2) is 115 Å². The summed E-state index contributed by atoms with van der Waals surface area (Å²) >= 11 is 0. The minimum absolute atomic E-state index is 0.0883. The fourth-order valence-electron chi connectivity index (χ4n) is 9.36. The molecule has 16 heteroatoms. The molecule has 1 unspecified atom stereocenters. The molecule has 9 rings (SSSR count). The topological polar surface area (TPSA) is 188 Å². The fraction of sp³-hybridized carbons (Fsp3) is 0.500. The number of pyridine rings is 1. The van der Waals surface area contributed by atoms with Crippen LogP contribution in [0.1, 0.15) is 101 Å². The quantitative estimate of drug-likeness (QED) is 0.188. The summed E-state index contributed by atoms with van der Waals surface area (Å²) < 4.78 is 2.10. The predicted octanol–water partition coefficient (Wildman–Crippen LogP) is 3.50. The molecule has 4 aliphatic heterocycles. The van der Waals surface area contributed by atoms with Gasteiger partial charge in [-0.15, -0.1) is 0 Å². The van der Waals surface area contributed by atoms with Crippen molar-refractivity contribution in [1.29, 1.82) is 0 Å². The average Bonchev–Trinajstić information content (AvgIpc) is 3.75. The van der Waals surface area contributed by atoms with Gasteiger partial charge in [-0.25, -0.2) is 19.9 Å². The molecule has 5 amide bonds. The number of piperidine rings is 3. The zero-order valence-electron chi connectivity index (χ0n) is 32.7. The maximum absolute atomic E-state index is 13.3. The number of amides is 5. The summed E-state index contributed by atoms with van der Waals surface area (Å²) in [5.41, 5.74) is 4.40. The SMILES string of the molecule is Cc1cccc(C(=O)NC2CC(n3cnc4c(NCCC5CCN(CC6CCN(c7ccc8c(c7)C(=O)N(C7CCC(=O)NC7=O)C8=O)CC6)CC5)ncnc43)C2)n1. The highest BCUT2D eigenvalue weighted by Gasteiger charge is 2.45. The van der Waals surface area contributed by atoms with E-state index < -0.39 is 23.8 Å². The van der Waals surface area contributed by atoms with Gasteiger partial charge in [0.25, 0.3) is 17.7 Å². The van der Waals surface area contributed by atoms with Gasteiger partial charge in [-0.05, 0) is 114 Å². The van der Waals surface area contributed by atoms with E-state index in [0.717, 1.165) is 105 Å². The van der Waals surface area contributed by atoms with Crippen molar-refractivity contribution in [3.63, 3.8) is 0 Å². The molecule has 0 radical (unpaired) electrons. The zero-order valence-corrected chi connectivity index (χ0v) is 32.7. The van der Waals surface area contributed by atoms with Crippen molar-refractivity contribution in [2.24, 2.45) is 11.8 Å². The maximum Gasteiger partial charge on any atom is 0.270 e. The smallest absolute Gasteiger partial charge is 0.270 e. The molecule has 3 N–H and O–H groups in total. The van der Waals surface area contributed by atoms with Gasteiger partial charge in [-0.3, -0.25) is 34.2 Å². The maximum atomic E-state index is 13.3. The Kier molecular flexibility index (Phi) is 10.3. The van der Waals surface area contributed by atoms with Gasteiger partial charge in [-0.1, -0.05) is 6.07 Å². The van der Waals surface area contributed by atoms with Gasteiger partial charge in [0.15, 0.2) is 11.5 Å². The van der Waals surface area contributed by atoms with Crippen molar-refractivity contribution in [3.05, 3.63) is 71.6 Å². The molecule has 7 heterocycles. The number of nitrogens with zero attached hydrogens (tertiary/aromatic N) is 8. The monoisotopic (exact) mass is 787 g/mol. The van der Waals surface area contributed by atoms with Crippen molar-refractivity contribution in [3.8, 4) is 0 Å². The lowest BCUT2D eigenvalue weighted by atomic mass is 9.86. The zero-order chi connectivity index (χ0) is 39.9. The second-order valence-corrected chi connectivity index (χ2v) is 16.6. The van der Waals surface area contributed by atoms with E-state index in [4.69, 9.17) is 0 Å². The summed E-state index contributed by atoms with van der Waals surface area (Å²) in [7, 11) is 0. The number of hydrogen-bond acceptors (Lipinski definition) is 12. The van der Waals surface area contributed by atoms with E-state index in [1.807, 2.05) is 31.5 Å². The van der Waals surface area contributed by atoms with Crippen LogP contribution in [0.2, 0.25) is 0 Å². The molecule has 16 nitrogen and oxygen atoms in total. The highest BCUT2D eigenvalue weighted by atomic mass is 16.2. The lowest BCUT2D eigenvalue weighted by Gasteiger charge is -2.38. The number of rotatable bonds is 11. The Bertz CT molecular complexity index is 2250. The van der Waals surface area contributed by atoms with Gasteiger partial charge in [-0.2, -0.15) is 0 Å². The third-order valence-corrected chi connectivity index (χ3v) is 12.8. The predicted molar refractivity (Wildman–Crippen MR) is 214 cm³/mol. The van der Waals surface area contributed by atoms with Crippen LogP contribution in [-0.2, 0) is 9.59 Å². The van der Waals surface area contributed by atoms with Crippen LogP contribution in [0.5, 0.6) is 0 Å². The molecule has 3 saturated heterocycles. The molecule has 3 aromatic heterocycles. The first-order valence-electron chi connectivity index (χ1n) is 20.7. The summed E-state index contributed by atoms with van der Waals surface area (Å²) in [6, 6.07) is 10.2. The van der Waals surface area contributed by atoms with Gasteiger partial charge in [0, 0.05) is 56.1 Å². The molecule has 0 spiro atoms. The Hall–Kier alpha value is -5.77. The summed E-state index contributed by atoms with van der Waals surface area (Å²) in [4.78, 5) is 87.2. The lowest BCUT2D eigenvalue weighted by Crippen LogP contribution is -2.54. The van der Waals surface area contributed by atoms with Crippen LogP contribution >= 0.6 is 0 Å². The first-order chi connectivity index (χ1) is 28.2. The van der Waals surface area contributed by atoms with Crippen LogP contribution < -0.4 is 20.9 Å². The van der Waals surface area contributed by atoms with Gasteiger partial charge < -0.3 is 25.0 Å². The van der Waals surface area contributed by atoms with Gasteiger partial charge >= 0.3 is 0 Å². The van der Waals surface area contributed by atoms with E-state index in [0.29, 0.717) is 28.7 Å². The summed E-state index contributed by atoms with van der Waals surface area (Å²) in [6.07, 6.45) is 10.8. The normalized spacial score (nSPS) is 23.2. The molecule has 5 aliphatic rings. The number of benzene rings is 1. The summed E-state index contributed by atoms with van der Waals surface area (Å²) in [5.74, 6) is -0.0463.